The minimum atomic E-state index is -1.50. The van der Waals surface area contributed by atoms with Crippen molar-refractivity contribution in [2.24, 2.45) is 5.92 Å². The van der Waals surface area contributed by atoms with E-state index in [1.165, 1.54) is 6.08 Å². The summed E-state index contributed by atoms with van der Waals surface area (Å²) in [6.45, 7) is 4.09. The number of benzene rings is 2. The Morgan fingerprint density at radius 3 is 2.56 bits per heavy atom. The summed E-state index contributed by atoms with van der Waals surface area (Å²) in [5.74, 6) is -7.87. The van der Waals surface area contributed by atoms with Crippen molar-refractivity contribution in [3.05, 3.63) is 84.0 Å². The monoisotopic (exact) mass is 597 g/mol. The molecular formula is C31H30F3N3O6. The van der Waals surface area contributed by atoms with Crippen LogP contribution in [0.5, 0.6) is 5.75 Å². The molecule has 1 aliphatic rings. The average molecular weight is 598 g/mol. The van der Waals surface area contributed by atoms with Crippen LogP contribution >= 0.6 is 0 Å². The first-order valence-electron chi connectivity index (χ1n) is 13.6. The molecule has 43 heavy (non-hydrogen) atoms. The number of pyridine rings is 1. The van der Waals surface area contributed by atoms with Gasteiger partial charge in [-0.25, -0.2) is 8.78 Å². The van der Waals surface area contributed by atoms with E-state index in [-0.39, 0.29) is 44.0 Å². The lowest BCUT2D eigenvalue weighted by Crippen LogP contribution is -2.49. The van der Waals surface area contributed by atoms with Crippen LogP contribution in [0.1, 0.15) is 35.3 Å². The third-order valence-electron chi connectivity index (χ3n) is 7.19. The zero-order valence-electron chi connectivity index (χ0n) is 23.4. The highest BCUT2D eigenvalue weighted by Crippen LogP contribution is 2.27. The maximum absolute atomic E-state index is 14.2. The molecule has 1 atom stereocenters. The Labute approximate surface area is 245 Å². The van der Waals surface area contributed by atoms with E-state index in [4.69, 9.17) is 9.47 Å². The van der Waals surface area contributed by atoms with E-state index in [2.05, 4.69) is 16.9 Å². The van der Waals surface area contributed by atoms with Gasteiger partial charge in [0.2, 0.25) is 11.7 Å². The number of fused-ring (bicyclic) bond motifs is 1. The highest BCUT2D eigenvalue weighted by molar-refractivity contribution is 6.05. The topological polar surface area (TPSA) is 115 Å². The van der Waals surface area contributed by atoms with E-state index in [1.807, 2.05) is 30.3 Å². The summed E-state index contributed by atoms with van der Waals surface area (Å²) in [4.78, 5) is 57.5. The number of rotatable bonds is 11. The molecule has 4 rings (SSSR count). The number of amides is 2. The summed E-state index contributed by atoms with van der Waals surface area (Å²) < 4.78 is 51.8. The van der Waals surface area contributed by atoms with Gasteiger partial charge in [-0.15, -0.1) is 0 Å². The maximum atomic E-state index is 14.2. The predicted octanol–water partition coefficient (Wildman–Crippen LogP) is 4.06. The van der Waals surface area contributed by atoms with E-state index in [0.717, 1.165) is 17.7 Å². The van der Waals surface area contributed by atoms with Crippen molar-refractivity contribution >= 4 is 34.3 Å². The summed E-state index contributed by atoms with van der Waals surface area (Å²) in [7, 11) is 0. The van der Waals surface area contributed by atoms with Gasteiger partial charge in [0.05, 0.1) is 6.42 Å². The van der Waals surface area contributed by atoms with Gasteiger partial charge < -0.3 is 19.7 Å². The number of aromatic nitrogens is 1. The number of likely N-dealkylation sites (tertiary alicyclic amines) is 1. The average Bonchev–Trinajstić information content (AvgIpc) is 3.01. The summed E-state index contributed by atoms with van der Waals surface area (Å²) in [5.41, 5.74) is -0.0350. The molecule has 12 heteroatoms. The minimum Gasteiger partial charge on any atom is -0.482 e. The first-order chi connectivity index (χ1) is 20.6. The number of carbonyl (C=O) groups excluding carboxylic acids is 4. The summed E-state index contributed by atoms with van der Waals surface area (Å²) in [6.07, 6.45) is 2.90. The maximum Gasteiger partial charge on any atom is 0.308 e. The first-order valence-corrected chi connectivity index (χ1v) is 13.6. The van der Waals surface area contributed by atoms with Gasteiger partial charge in [-0.05, 0) is 31.2 Å². The highest BCUT2D eigenvalue weighted by Gasteiger charge is 2.32. The molecular weight excluding hydrogens is 567 g/mol. The van der Waals surface area contributed by atoms with Crippen LogP contribution in [-0.2, 0) is 19.1 Å². The molecule has 0 aliphatic carbocycles. The number of nitrogens with zero attached hydrogens (tertiary/aromatic N) is 2. The van der Waals surface area contributed by atoms with Crippen molar-refractivity contribution in [3.8, 4) is 5.75 Å². The van der Waals surface area contributed by atoms with Crippen molar-refractivity contribution in [3.63, 3.8) is 0 Å². The Kier molecular flexibility index (Phi) is 10.1. The Hall–Kier alpha value is -4.74. The van der Waals surface area contributed by atoms with Crippen molar-refractivity contribution in [2.75, 3.05) is 26.3 Å². The van der Waals surface area contributed by atoms with Gasteiger partial charge in [-0.3, -0.25) is 24.2 Å². The quantitative estimate of drug-likeness (QED) is 0.201. The van der Waals surface area contributed by atoms with E-state index in [9.17, 15) is 32.3 Å². The number of carbonyl (C=O) groups is 4. The zero-order chi connectivity index (χ0) is 31.1. The standard InChI is InChI=1S/C31H30F3N3O6/c1-3-14-42-26(39)16-24(25(38)17-43-29-18(2)22(32)15-23(33)27(29)34)36-30(40)20-9-12-37(13-10-20)31(41)28-21-7-5-4-6-19(21)8-11-35-28/h3-8,11,15,20,24H,1,9-10,12-14,16-17H2,2H3,(H,36,40)/t24-/m0/s1. The second-order valence-electron chi connectivity index (χ2n) is 10.0. The lowest BCUT2D eigenvalue weighted by atomic mass is 9.94. The van der Waals surface area contributed by atoms with Crippen molar-refractivity contribution in [2.45, 2.75) is 32.2 Å². The van der Waals surface area contributed by atoms with Crippen LogP contribution in [0.3, 0.4) is 0 Å². The molecule has 1 aromatic heterocycles. The zero-order valence-corrected chi connectivity index (χ0v) is 23.4. The molecule has 2 heterocycles. The lowest BCUT2D eigenvalue weighted by Gasteiger charge is -2.32. The number of esters is 1. The SMILES string of the molecule is C=CCOC(=O)C[C@H](NC(=O)C1CCN(C(=O)c2nccc3ccccc23)CC1)C(=O)COc1c(C)c(F)cc(F)c1F. The molecule has 1 aliphatic heterocycles. The number of piperidine rings is 1. The third-order valence-corrected chi connectivity index (χ3v) is 7.19. The molecule has 0 bridgehead atoms. The molecule has 0 unspecified atom stereocenters. The van der Waals surface area contributed by atoms with Crippen molar-refractivity contribution in [1.29, 1.82) is 0 Å². The fraction of sp³-hybridized carbons (Fsp3) is 0.323. The molecule has 9 nitrogen and oxygen atoms in total. The van der Waals surface area contributed by atoms with Crippen LogP contribution in [0.4, 0.5) is 13.2 Å². The van der Waals surface area contributed by atoms with Gasteiger partial charge >= 0.3 is 5.97 Å². The van der Waals surface area contributed by atoms with Gasteiger partial charge in [0.15, 0.2) is 17.3 Å². The van der Waals surface area contributed by atoms with Crippen LogP contribution in [0.15, 0.2) is 55.3 Å². The Morgan fingerprint density at radius 2 is 1.84 bits per heavy atom. The molecule has 0 saturated carbocycles. The van der Waals surface area contributed by atoms with Gasteiger partial charge in [0.1, 0.15) is 30.8 Å². The van der Waals surface area contributed by atoms with Gasteiger partial charge in [0.25, 0.3) is 5.91 Å². The molecule has 1 fully saturated rings. The second kappa shape index (κ2) is 14.0. The number of halogens is 3. The van der Waals surface area contributed by atoms with Crippen LogP contribution in [0.2, 0.25) is 0 Å². The number of hydrogen-bond acceptors (Lipinski definition) is 7. The number of ether oxygens (including phenoxy) is 2. The summed E-state index contributed by atoms with van der Waals surface area (Å²) >= 11 is 0. The molecule has 1 N–H and O–H groups in total. The molecule has 1 saturated heterocycles. The normalized spacial score (nSPS) is 14.2. The molecule has 0 spiro atoms. The number of nitrogens with one attached hydrogen (secondary N) is 1. The van der Waals surface area contributed by atoms with Gasteiger partial charge in [-0.1, -0.05) is 36.9 Å². The molecule has 2 aromatic carbocycles. The molecule has 226 valence electrons. The van der Waals surface area contributed by atoms with E-state index >= 15 is 0 Å². The Morgan fingerprint density at radius 1 is 1.12 bits per heavy atom. The van der Waals surface area contributed by atoms with Gasteiger partial charge in [-0.2, -0.15) is 4.39 Å². The number of ketones is 1. The van der Waals surface area contributed by atoms with Gasteiger partial charge in [0, 0.05) is 42.2 Å². The van der Waals surface area contributed by atoms with Crippen LogP contribution in [0, 0.1) is 30.3 Å². The highest BCUT2D eigenvalue weighted by atomic mass is 19.2. The fourth-order valence-corrected chi connectivity index (χ4v) is 4.78. The minimum absolute atomic E-state index is 0.130. The van der Waals surface area contributed by atoms with E-state index < -0.39 is 65.8 Å². The second-order valence-corrected chi connectivity index (χ2v) is 10.0. The lowest BCUT2D eigenvalue weighted by molar-refractivity contribution is -0.145. The predicted molar refractivity (Wildman–Crippen MR) is 150 cm³/mol. The number of hydrogen-bond donors (Lipinski definition) is 1. The molecule has 3 aromatic rings. The van der Waals surface area contributed by atoms with Crippen LogP contribution < -0.4 is 10.1 Å². The van der Waals surface area contributed by atoms with Crippen molar-refractivity contribution in [1.82, 2.24) is 15.2 Å². The van der Waals surface area contributed by atoms with E-state index in [1.54, 1.807) is 11.1 Å². The summed E-state index contributed by atoms with van der Waals surface area (Å²) in [5, 5.41) is 4.13. The van der Waals surface area contributed by atoms with Crippen molar-refractivity contribution < 1.29 is 41.8 Å². The molecule has 2 amide bonds. The fourth-order valence-electron chi connectivity index (χ4n) is 4.78. The molecule has 0 radical (unpaired) electrons. The Balaban J connectivity index is 1.40. The van der Waals surface area contributed by atoms with E-state index in [0.29, 0.717) is 11.8 Å². The van der Waals surface area contributed by atoms with Crippen LogP contribution in [0.25, 0.3) is 10.8 Å². The number of Topliss-reactive ketones (excluding diaryl/α,β-unsaturated/α-hetero) is 1. The largest absolute Gasteiger partial charge is 0.482 e. The third kappa shape index (κ3) is 7.37. The Bertz CT molecular complexity index is 1520. The first kappa shape index (κ1) is 31.2. The summed E-state index contributed by atoms with van der Waals surface area (Å²) in [6, 6.07) is 8.13. The van der Waals surface area contributed by atoms with Crippen LogP contribution in [-0.4, -0.2) is 65.8 Å². The smallest absolute Gasteiger partial charge is 0.308 e.